The molecule has 1 aromatic carbocycles. The molecule has 0 fully saturated rings. The van der Waals surface area contributed by atoms with E-state index in [1.807, 2.05) is 38.2 Å². The van der Waals surface area contributed by atoms with Gasteiger partial charge in [-0.3, -0.25) is 4.79 Å². The Morgan fingerprint density at radius 3 is 2.81 bits per heavy atom. The molecule has 4 heteroatoms. The molecule has 1 aliphatic heterocycles. The highest BCUT2D eigenvalue weighted by Gasteiger charge is 2.25. The lowest BCUT2D eigenvalue weighted by molar-refractivity contribution is -0.130. The van der Waals surface area contributed by atoms with Crippen molar-refractivity contribution in [3.05, 3.63) is 24.3 Å². The number of para-hydroxylation sites is 2. The van der Waals surface area contributed by atoms with Crippen LogP contribution in [0.25, 0.3) is 0 Å². The maximum atomic E-state index is 12.0. The average Bonchev–Trinajstić information content (AvgIpc) is 2.36. The monoisotopic (exact) mass is 219 g/mol. The number of benzene rings is 1. The van der Waals surface area contributed by atoms with Crippen molar-refractivity contribution >= 4 is 17.3 Å². The van der Waals surface area contributed by atoms with Crippen molar-refractivity contribution in [3.8, 4) is 0 Å². The molecule has 0 saturated carbocycles. The Kier molecular flexibility index (Phi) is 2.99. The summed E-state index contributed by atoms with van der Waals surface area (Å²) in [4.78, 5) is 13.7. The fraction of sp³-hybridized carbons (Fsp3) is 0.417. The number of carbonyl (C=O) groups excluding carboxylic acids is 1. The Labute approximate surface area is 95.6 Å². The van der Waals surface area contributed by atoms with E-state index < -0.39 is 0 Å². The Morgan fingerprint density at radius 2 is 2.12 bits per heavy atom. The molecule has 0 saturated heterocycles. The summed E-state index contributed by atoms with van der Waals surface area (Å²) >= 11 is 0. The maximum Gasteiger partial charge on any atom is 0.246 e. The Bertz CT molecular complexity index is 392. The van der Waals surface area contributed by atoms with Crippen molar-refractivity contribution in [1.82, 2.24) is 4.90 Å². The van der Waals surface area contributed by atoms with Gasteiger partial charge in [-0.2, -0.15) is 0 Å². The lowest BCUT2D eigenvalue weighted by atomic mass is 10.1. The van der Waals surface area contributed by atoms with E-state index in [1.165, 1.54) is 0 Å². The highest BCUT2D eigenvalue weighted by molar-refractivity contribution is 5.88. The summed E-state index contributed by atoms with van der Waals surface area (Å²) in [6, 6.07) is 7.76. The zero-order valence-corrected chi connectivity index (χ0v) is 9.66. The molecule has 1 aliphatic rings. The van der Waals surface area contributed by atoms with Crippen LogP contribution in [0, 0.1) is 0 Å². The fourth-order valence-electron chi connectivity index (χ4n) is 1.78. The minimum Gasteiger partial charge on any atom is -0.381 e. The number of anilines is 2. The molecule has 1 amide bonds. The van der Waals surface area contributed by atoms with Crippen molar-refractivity contribution in [2.24, 2.45) is 0 Å². The van der Waals surface area contributed by atoms with Crippen LogP contribution in [0.1, 0.15) is 6.92 Å². The van der Waals surface area contributed by atoms with Gasteiger partial charge in [-0.05, 0) is 19.1 Å². The van der Waals surface area contributed by atoms with Gasteiger partial charge in [0.05, 0.1) is 11.4 Å². The number of nitrogens with zero attached hydrogens (tertiary/aromatic N) is 1. The van der Waals surface area contributed by atoms with E-state index in [4.69, 9.17) is 0 Å². The van der Waals surface area contributed by atoms with Gasteiger partial charge in [-0.25, -0.2) is 0 Å². The van der Waals surface area contributed by atoms with E-state index in [0.29, 0.717) is 6.54 Å². The predicted molar refractivity (Wildman–Crippen MR) is 65.7 cm³/mol. The van der Waals surface area contributed by atoms with Crippen molar-refractivity contribution < 1.29 is 4.79 Å². The largest absolute Gasteiger partial charge is 0.381 e. The van der Waals surface area contributed by atoms with Crippen LogP contribution in [0.3, 0.4) is 0 Å². The minimum absolute atomic E-state index is 0.129. The Morgan fingerprint density at radius 1 is 1.44 bits per heavy atom. The van der Waals surface area contributed by atoms with Gasteiger partial charge in [0.25, 0.3) is 0 Å². The van der Waals surface area contributed by atoms with Gasteiger partial charge < -0.3 is 15.5 Å². The van der Waals surface area contributed by atoms with Crippen LogP contribution >= 0.6 is 0 Å². The van der Waals surface area contributed by atoms with Crippen molar-refractivity contribution in [1.29, 1.82) is 0 Å². The molecule has 0 radical (unpaired) electrons. The Balaban J connectivity index is 2.11. The minimum atomic E-state index is -0.167. The van der Waals surface area contributed by atoms with Gasteiger partial charge in [0.15, 0.2) is 0 Å². The molecule has 0 spiro atoms. The topological polar surface area (TPSA) is 44.4 Å². The van der Waals surface area contributed by atoms with Gasteiger partial charge in [0.2, 0.25) is 5.91 Å². The van der Waals surface area contributed by atoms with Crippen LogP contribution in [-0.2, 0) is 4.79 Å². The molecule has 1 atom stereocenters. The van der Waals surface area contributed by atoms with E-state index in [2.05, 4.69) is 10.6 Å². The summed E-state index contributed by atoms with van der Waals surface area (Å²) in [7, 11) is 1.82. The third-order valence-electron chi connectivity index (χ3n) is 2.90. The highest BCUT2D eigenvalue weighted by atomic mass is 16.2. The van der Waals surface area contributed by atoms with Gasteiger partial charge in [0, 0.05) is 20.1 Å². The first-order valence-electron chi connectivity index (χ1n) is 5.56. The number of hydrogen-bond donors (Lipinski definition) is 2. The summed E-state index contributed by atoms with van der Waals surface area (Å²) in [5, 5.41) is 6.52. The van der Waals surface area contributed by atoms with Crippen LogP contribution in [0.5, 0.6) is 0 Å². The fourth-order valence-corrected chi connectivity index (χ4v) is 1.78. The number of fused-ring (bicyclic) bond motifs is 1. The predicted octanol–water partition coefficient (Wildman–Crippen LogP) is 1.37. The molecule has 86 valence electrons. The quantitative estimate of drug-likeness (QED) is 0.789. The second-order valence-corrected chi connectivity index (χ2v) is 3.98. The van der Waals surface area contributed by atoms with Crippen LogP contribution in [-0.4, -0.2) is 37.0 Å². The summed E-state index contributed by atoms with van der Waals surface area (Å²) in [5.74, 6) is 0.129. The summed E-state index contributed by atoms with van der Waals surface area (Å²) < 4.78 is 0. The summed E-state index contributed by atoms with van der Waals surface area (Å²) in [6.07, 6.45) is 0. The summed E-state index contributed by atoms with van der Waals surface area (Å²) in [5.41, 5.74) is 2.06. The van der Waals surface area contributed by atoms with Gasteiger partial charge in [0.1, 0.15) is 6.04 Å². The maximum absolute atomic E-state index is 12.0. The molecule has 0 aliphatic carbocycles. The van der Waals surface area contributed by atoms with Crippen molar-refractivity contribution in [3.63, 3.8) is 0 Å². The number of likely N-dealkylation sites (N-methyl/N-ethyl adjacent to an activating group) is 1. The van der Waals surface area contributed by atoms with Crippen molar-refractivity contribution in [2.75, 3.05) is 30.8 Å². The van der Waals surface area contributed by atoms with Crippen LogP contribution in [0.2, 0.25) is 0 Å². The van der Waals surface area contributed by atoms with E-state index in [1.54, 1.807) is 4.90 Å². The van der Waals surface area contributed by atoms with E-state index in [-0.39, 0.29) is 11.9 Å². The molecule has 1 heterocycles. The van der Waals surface area contributed by atoms with Crippen LogP contribution in [0.4, 0.5) is 11.4 Å². The molecule has 1 unspecified atom stereocenters. The SMILES string of the molecule is CCN(C)C(=O)C1CNc2ccccc2N1. The average molecular weight is 219 g/mol. The van der Waals surface area contributed by atoms with Crippen LogP contribution in [0.15, 0.2) is 24.3 Å². The lowest BCUT2D eigenvalue weighted by Crippen LogP contribution is -2.46. The first kappa shape index (κ1) is 10.8. The standard InChI is InChI=1S/C12H17N3O/c1-3-15(2)12(16)11-8-13-9-6-4-5-7-10(9)14-11/h4-7,11,13-14H,3,8H2,1-2H3. The molecule has 0 bridgehead atoms. The van der Waals surface area contributed by atoms with Gasteiger partial charge >= 0.3 is 0 Å². The highest BCUT2D eigenvalue weighted by Crippen LogP contribution is 2.25. The molecule has 0 aromatic heterocycles. The molecule has 2 N–H and O–H groups in total. The number of rotatable bonds is 2. The van der Waals surface area contributed by atoms with Gasteiger partial charge in [-0.15, -0.1) is 0 Å². The smallest absolute Gasteiger partial charge is 0.246 e. The number of hydrogen-bond acceptors (Lipinski definition) is 3. The molecular formula is C12H17N3O. The zero-order chi connectivity index (χ0) is 11.5. The molecule has 16 heavy (non-hydrogen) atoms. The normalized spacial score (nSPS) is 18.0. The van der Waals surface area contributed by atoms with E-state index in [0.717, 1.165) is 17.9 Å². The van der Waals surface area contributed by atoms with E-state index in [9.17, 15) is 4.79 Å². The number of amides is 1. The molecular weight excluding hydrogens is 202 g/mol. The van der Waals surface area contributed by atoms with Crippen molar-refractivity contribution in [2.45, 2.75) is 13.0 Å². The van der Waals surface area contributed by atoms with Crippen LogP contribution < -0.4 is 10.6 Å². The first-order chi connectivity index (χ1) is 7.72. The lowest BCUT2D eigenvalue weighted by Gasteiger charge is -2.30. The Hall–Kier alpha value is -1.71. The second kappa shape index (κ2) is 4.43. The second-order valence-electron chi connectivity index (χ2n) is 3.98. The molecule has 2 rings (SSSR count). The van der Waals surface area contributed by atoms with E-state index >= 15 is 0 Å². The summed E-state index contributed by atoms with van der Waals surface area (Å²) in [6.45, 7) is 3.35. The third-order valence-corrected chi connectivity index (χ3v) is 2.90. The van der Waals surface area contributed by atoms with Gasteiger partial charge in [-0.1, -0.05) is 12.1 Å². The molecule has 4 nitrogen and oxygen atoms in total. The third kappa shape index (κ3) is 1.96. The first-order valence-corrected chi connectivity index (χ1v) is 5.56. The molecule has 1 aromatic rings. The zero-order valence-electron chi connectivity index (χ0n) is 9.66. The number of carbonyl (C=O) groups is 1. The number of nitrogens with one attached hydrogen (secondary N) is 2.